The van der Waals surface area contributed by atoms with Gasteiger partial charge in [-0.2, -0.15) is 0 Å². The van der Waals surface area contributed by atoms with E-state index in [0.29, 0.717) is 16.5 Å². The molecule has 0 aliphatic carbocycles. The van der Waals surface area contributed by atoms with E-state index in [2.05, 4.69) is 0 Å². The molecule has 0 heterocycles. The van der Waals surface area contributed by atoms with Crippen LogP contribution in [0.15, 0.2) is 30.3 Å². The highest BCUT2D eigenvalue weighted by molar-refractivity contribution is 6.32. The first kappa shape index (κ1) is 18.1. The molecular weight excluding hydrogens is 328 g/mol. The number of carbonyl (C=O) groups is 1. The molecule has 2 aromatic rings. The first-order chi connectivity index (χ1) is 11.3. The van der Waals surface area contributed by atoms with Crippen LogP contribution in [-0.4, -0.2) is 24.3 Å². The molecule has 0 saturated carbocycles. The van der Waals surface area contributed by atoms with Gasteiger partial charge in [0.1, 0.15) is 11.5 Å². The van der Waals surface area contributed by atoms with Gasteiger partial charge in [0.2, 0.25) is 0 Å². The van der Waals surface area contributed by atoms with Crippen molar-refractivity contribution in [2.24, 2.45) is 0 Å². The number of hydrogen-bond donors (Lipinski definition) is 1. The van der Waals surface area contributed by atoms with Crippen LogP contribution in [0.4, 0.5) is 0 Å². The van der Waals surface area contributed by atoms with Crippen LogP contribution in [-0.2, 0) is 11.2 Å². The molecule has 0 spiro atoms. The molecule has 0 fully saturated rings. The van der Waals surface area contributed by atoms with Gasteiger partial charge in [0.15, 0.2) is 6.10 Å². The molecule has 2 rings (SSSR count). The highest BCUT2D eigenvalue weighted by Crippen LogP contribution is 2.28. The number of methoxy groups -OCH3 is 1. The fourth-order valence-electron chi connectivity index (χ4n) is 2.51. The molecule has 24 heavy (non-hydrogen) atoms. The van der Waals surface area contributed by atoms with Gasteiger partial charge in [0.05, 0.1) is 12.1 Å². The van der Waals surface area contributed by atoms with Gasteiger partial charge in [-0.1, -0.05) is 23.7 Å². The molecule has 4 nitrogen and oxygen atoms in total. The maximum atomic E-state index is 11.6. The summed E-state index contributed by atoms with van der Waals surface area (Å²) in [6.07, 6.45) is -0.778. The minimum Gasteiger partial charge on any atom is -0.495 e. The van der Waals surface area contributed by atoms with Gasteiger partial charge < -0.3 is 14.6 Å². The normalized spacial score (nSPS) is 11.9. The summed E-state index contributed by atoms with van der Waals surface area (Å²) in [5, 5.41) is 9.96. The molecule has 1 atom stereocenters. The van der Waals surface area contributed by atoms with E-state index in [-0.39, 0.29) is 6.42 Å². The van der Waals surface area contributed by atoms with Crippen LogP contribution >= 0.6 is 11.6 Å². The van der Waals surface area contributed by atoms with Gasteiger partial charge in [-0.15, -0.1) is 0 Å². The van der Waals surface area contributed by atoms with Crippen molar-refractivity contribution < 1.29 is 19.4 Å². The highest BCUT2D eigenvalue weighted by atomic mass is 35.5. The number of halogens is 1. The number of carboxylic acid groups (broad SMARTS) is 1. The Bertz CT molecular complexity index is 755. The lowest BCUT2D eigenvalue weighted by molar-refractivity contribution is -0.145. The topological polar surface area (TPSA) is 55.8 Å². The molecule has 5 heteroatoms. The third-order valence-electron chi connectivity index (χ3n) is 3.95. The van der Waals surface area contributed by atoms with Crippen LogP contribution in [0.2, 0.25) is 5.02 Å². The van der Waals surface area contributed by atoms with Crippen LogP contribution in [0.5, 0.6) is 11.5 Å². The Morgan fingerprint density at radius 2 is 1.88 bits per heavy atom. The van der Waals surface area contributed by atoms with Crippen molar-refractivity contribution in [2.75, 3.05) is 7.11 Å². The fourth-order valence-corrected chi connectivity index (χ4v) is 2.79. The second kappa shape index (κ2) is 7.58. The highest BCUT2D eigenvalue weighted by Gasteiger charge is 2.22. The second-order valence-corrected chi connectivity index (χ2v) is 6.23. The molecule has 0 aliphatic heterocycles. The number of hydrogen-bond acceptors (Lipinski definition) is 3. The van der Waals surface area contributed by atoms with Crippen molar-refractivity contribution in [3.63, 3.8) is 0 Å². The Kier molecular flexibility index (Phi) is 5.73. The van der Waals surface area contributed by atoms with Crippen LogP contribution in [0.3, 0.4) is 0 Å². The average Bonchev–Trinajstić information content (AvgIpc) is 2.51. The van der Waals surface area contributed by atoms with Gasteiger partial charge in [0, 0.05) is 6.42 Å². The van der Waals surface area contributed by atoms with Gasteiger partial charge in [0.25, 0.3) is 0 Å². The van der Waals surface area contributed by atoms with Crippen LogP contribution in [0.25, 0.3) is 0 Å². The number of aliphatic carboxylic acids is 1. The first-order valence-electron chi connectivity index (χ1n) is 7.61. The molecule has 2 aromatic carbocycles. The molecule has 0 aliphatic rings. The lowest BCUT2D eigenvalue weighted by atomic mass is 10.0. The molecule has 0 saturated heterocycles. The standard InChI is InChI=1S/C19H21ClO4/c1-11-7-12(2)13(3)17(8-11)24-18(19(21)22)10-14-5-6-16(23-4)15(20)9-14/h5-9,18H,10H2,1-4H3,(H,21,22)/t18-/m0/s1. The van der Waals surface area contributed by atoms with E-state index in [4.69, 9.17) is 21.1 Å². The first-order valence-corrected chi connectivity index (χ1v) is 7.99. The van der Waals surface area contributed by atoms with Crippen molar-refractivity contribution in [3.05, 3.63) is 57.6 Å². The van der Waals surface area contributed by atoms with Gasteiger partial charge in [-0.25, -0.2) is 4.79 Å². The molecule has 1 N–H and O–H groups in total. The van der Waals surface area contributed by atoms with E-state index < -0.39 is 12.1 Å². The summed E-state index contributed by atoms with van der Waals surface area (Å²) in [5.74, 6) is 0.137. The Hall–Kier alpha value is -2.20. The fraction of sp³-hybridized carbons (Fsp3) is 0.316. The van der Waals surface area contributed by atoms with Gasteiger partial charge in [-0.3, -0.25) is 0 Å². The van der Waals surface area contributed by atoms with Crippen LogP contribution in [0.1, 0.15) is 22.3 Å². The second-order valence-electron chi connectivity index (χ2n) is 5.82. The van der Waals surface area contributed by atoms with E-state index in [1.54, 1.807) is 18.2 Å². The summed E-state index contributed by atoms with van der Waals surface area (Å²) < 4.78 is 10.9. The Labute approximate surface area is 147 Å². The zero-order chi connectivity index (χ0) is 17.9. The van der Waals surface area contributed by atoms with E-state index >= 15 is 0 Å². The van der Waals surface area contributed by atoms with Crippen molar-refractivity contribution in [1.29, 1.82) is 0 Å². The van der Waals surface area contributed by atoms with Gasteiger partial charge >= 0.3 is 5.97 Å². The minimum absolute atomic E-state index is 0.214. The number of carboxylic acids is 1. The zero-order valence-electron chi connectivity index (χ0n) is 14.2. The van der Waals surface area contributed by atoms with E-state index in [1.165, 1.54) is 7.11 Å². The minimum atomic E-state index is -1.01. The number of rotatable bonds is 6. The predicted octanol–water partition coefficient (Wildman–Crippen LogP) is 4.35. The molecule has 0 unspecified atom stereocenters. The molecular formula is C19H21ClO4. The van der Waals surface area contributed by atoms with Crippen LogP contribution in [0, 0.1) is 20.8 Å². The smallest absolute Gasteiger partial charge is 0.345 e. The van der Waals surface area contributed by atoms with E-state index in [9.17, 15) is 9.90 Å². The van der Waals surface area contributed by atoms with Crippen molar-refractivity contribution in [2.45, 2.75) is 33.3 Å². The van der Waals surface area contributed by atoms with E-state index in [0.717, 1.165) is 22.3 Å². The Morgan fingerprint density at radius 3 is 2.46 bits per heavy atom. The summed E-state index contributed by atoms with van der Waals surface area (Å²) in [5.41, 5.74) is 3.82. The third-order valence-corrected chi connectivity index (χ3v) is 4.24. The maximum Gasteiger partial charge on any atom is 0.345 e. The Morgan fingerprint density at radius 1 is 1.17 bits per heavy atom. The average molecular weight is 349 g/mol. The quantitative estimate of drug-likeness (QED) is 0.843. The lowest BCUT2D eigenvalue weighted by Gasteiger charge is -2.19. The zero-order valence-corrected chi connectivity index (χ0v) is 15.0. The van der Waals surface area contributed by atoms with Gasteiger partial charge in [-0.05, 0) is 61.2 Å². The monoisotopic (exact) mass is 348 g/mol. The molecule has 0 bridgehead atoms. The lowest BCUT2D eigenvalue weighted by Crippen LogP contribution is -2.29. The number of aryl methyl sites for hydroxylation is 2. The maximum absolute atomic E-state index is 11.6. The molecule has 0 amide bonds. The third kappa shape index (κ3) is 4.20. The summed E-state index contributed by atoms with van der Waals surface area (Å²) in [7, 11) is 1.53. The Balaban J connectivity index is 2.25. The largest absolute Gasteiger partial charge is 0.495 e. The molecule has 128 valence electrons. The molecule has 0 radical (unpaired) electrons. The van der Waals surface area contributed by atoms with Crippen molar-refractivity contribution in [1.82, 2.24) is 0 Å². The number of ether oxygens (including phenoxy) is 2. The summed E-state index contributed by atoms with van der Waals surface area (Å²) in [6.45, 7) is 5.86. The summed E-state index contributed by atoms with van der Waals surface area (Å²) in [6, 6.07) is 9.12. The predicted molar refractivity (Wildman–Crippen MR) is 94.4 cm³/mol. The summed E-state index contributed by atoms with van der Waals surface area (Å²) in [4.78, 5) is 11.6. The van der Waals surface area contributed by atoms with Crippen LogP contribution < -0.4 is 9.47 Å². The van der Waals surface area contributed by atoms with Crippen molar-refractivity contribution in [3.8, 4) is 11.5 Å². The summed E-state index contributed by atoms with van der Waals surface area (Å²) >= 11 is 6.11. The van der Waals surface area contributed by atoms with Crippen molar-refractivity contribution >= 4 is 17.6 Å². The number of benzene rings is 2. The molecule has 0 aromatic heterocycles. The van der Waals surface area contributed by atoms with E-state index in [1.807, 2.05) is 32.9 Å². The SMILES string of the molecule is COc1ccc(C[C@H](Oc2cc(C)cc(C)c2C)C(=O)O)cc1Cl.